The lowest BCUT2D eigenvalue weighted by Gasteiger charge is -2.08. The van der Waals surface area contributed by atoms with E-state index in [1.807, 2.05) is 55.5 Å². The molecule has 0 aliphatic carbocycles. The summed E-state index contributed by atoms with van der Waals surface area (Å²) in [5.74, 6) is 0.275. The maximum atomic E-state index is 12.1. The first kappa shape index (κ1) is 14.5. The number of hydrogen-bond donors (Lipinski definition) is 1. The van der Waals surface area contributed by atoms with Crippen LogP contribution >= 0.6 is 11.8 Å². The molecule has 3 aromatic rings. The van der Waals surface area contributed by atoms with Crippen LogP contribution in [0.4, 0.5) is 5.69 Å². The van der Waals surface area contributed by atoms with Crippen molar-refractivity contribution in [3.63, 3.8) is 0 Å². The molecule has 0 aliphatic heterocycles. The smallest absolute Gasteiger partial charge is 0.234 e. The van der Waals surface area contributed by atoms with Crippen molar-refractivity contribution in [3.05, 3.63) is 60.4 Å². The number of fused-ring (bicyclic) bond motifs is 1. The normalized spacial score (nSPS) is 10.6. The Morgan fingerprint density at radius 3 is 2.73 bits per heavy atom. The molecule has 0 bridgehead atoms. The maximum Gasteiger partial charge on any atom is 0.234 e. The van der Waals surface area contributed by atoms with Crippen LogP contribution in [-0.4, -0.2) is 21.6 Å². The third kappa shape index (κ3) is 3.26. The van der Waals surface area contributed by atoms with Crippen LogP contribution in [0.15, 0.2) is 59.9 Å². The van der Waals surface area contributed by atoms with E-state index in [0.29, 0.717) is 5.75 Å². The first-order valence-corrected chi connectivity index (χ1v) is 7.90. The first-order valence-electron chi connectivity index (χ1n) is 6.92. The van der Waals surface area contributed by atoms with Gasteiger partial charge in [0.05, 0.1) is 11.3 Å². The number of para-hydroxylation sites is 2. The van der Waals surface area contributed by atoms with Gasteiger partial charge in [0, 0.05) is 11.1 Å². The quantitative estimate of drug-likeness (QED) is 0.590. The molecule has 0 atom stereocenters. The van der Waals surface area contributed by atoms with Crippen LogP contribution in [0.5, 0.6) is 0 Å². The molecule has 1 N–H and O–H groups in total. The molecule has 3 rings (SSSR count). The highest BCUT2D eigenvalue weighted by atomic mass is 32.2. The Morgan fingerprint density at radius 2 is 1.86 bits per heavy atom. The van der Waals surface area contributed by atoms with Crippen LogP contribution in [0.25, 0.3) is 10.9 Å². The Bertz CT molecular complexity index is 814. The number of nitrogens with one attached hydrogen (secondary N) is 1. The predicted octanol–water partition coefficient (Wildman–Crippen LogP) is 3.67. The molecule has 5 heteroatoms. The molecule has 4 nitrogen and oxygen atoms in total. The number of hydrogen-bond acceptors (Lipinski definition) is 4. The number of aryl methyl sites for hydroxylation is 1. The van der Waals surface area contributed by atoms with Crippen molar-refractivity contribution in [1.29, 1.82) is 0 Å². The van der Waals surface area contributed by atoms with E-state index in [1.165, 1.54) is 18.1 Å². The van der Waals surface area contributed by atoms with Gasteiger partial charge >= 0.3 is 0 Å². The van der Waals surface area contributed by atoms with Crippen LogP contribution in [0.1, 0.15) is 5.56 Å². The second kappa shape index (κ2) is 6.58. The van der Waals surface area contributed by atoms with Gasteiger partial charge in [-0.2, -0.15) is 0 Å². The zero-order valence-corrected chi connectivity index (χ0v) is 12.9. The van der Waals surface area contributed by atoms with Gasteiger partial charge in [-0.05, 0) is 24.6 Å². The van der Waals surface area contributed by atoms with Crippen molar-refractivity contribution in [2.75, 3.05) is 11.1 Å². The van der Waals surface area contributed by atoms with Crippen molar-refractivity contribution >= 4 is 34.3 Å². The summed E-state index contributed by atoms with van der Waals surface area (Å²) in [6.07, 6.45) is 1.53. The highest BCUT2D eigenvalue weighted by Crippen LogP contribution is 2.24. The van der Waals surface area contributed by atoms with Gasteiger partial charge in [-0.15, -0.1) is 0 Å². The molecule has 1 amide bonds. The molecule has 0 unspecified atom stereocenters. The molecule has 1 aromatic heterocycles. The summed E-state index contributed by atoms with van der Waals surface area (Å²) >= 11 is 1.42. The molecular formula is C17H15N3OS. The van der Waals surface area contributed by atoms with Crippen LogP contribution in [0, 0.1) is 6.92 Å². The van der Waals surface area contributed by atoms with Crippen molar-refractivity contribution in [2.24, 2.45) is 0 Å². The summed E-state index contributed by atoms with van der Waals surface area (Å²) in [5.41, 5.74) is 2.79. The van der Waals surface area contributed by atoms with Gasteiger partial charge in [-0.1, -0.05) is 48.2 Å². The number of aromatic nitrogens is 2. The zero-order valence-electron chi connectivity index (χ0n) is 12.1. The maximum absolute atomic E-state index is 12.1. The van der Waals surface area contributed by atoms with E-state index in [4.69, 9.17) is 0 Å². The van der Waals surface area contributed by atoms with Crippen molar-refractivity contribution in [1.82, 2.24) is 9.97 Å². The summed E-state index contributed by atoms with van der Waals surface area (Å²) in [4.78, 5) is 20.6. The predicted molar refractivity (Wildman–Crippen MR) is 90.1 cm³/mol. The molecular weight excluding hydrogens is 294 g/mol. The van der Waals surface area contributed by atoms with Gasteiger partial charge in [0.25, 0.3) is 0 Å². The summed E-state index contributed by atoms with van der Waals surface area (Å²) in [5, 5.41) is 4.72. The molecule has 0 fully saturated rings. The van der Waals surface area contributed by atoms with Crippen LogP contribution in [-0.2, 0) is 4.79 Å². The fraction of sp³-hybridized carbons (Fsp3) is 0.118. The van der Waals surface area contributed by atoms with Gasteiger partial charge in [0.1, 0.15) is 11.4 Å². The molecule has 0 saturated heterocycles. The summed E-state index contributed by atoms with van der Waals surface area (Å²) in [6.45, 7) is 1.97. The minimum Gasteiger partial charge on any atom is -0.325 e. The van der Waals surface area contributed by atoms with Gasteiger partial charge in [-0.25, -0.2) is 9.97 Å². The van der Waals surface area contributed by atoms with E-state index in [1.54, 1.807) is 0 Å². The number of benzene rings is 2. The van der Waals surface area contributed by atoms with Crippen molar-refractivity contribution < 1.29 is 4.79 Å². The summed E-state index contributed by atoms with van der Waals surface area (Å²) in [6, 6.07) is 15.5. The molecule has 0 radical (unpaired) electrons. The Labute approximate surface area is 133 Å². The van der Waals surface area contributed by atoms with Crippen molar-refractivity contribution in [2.45, 2.75) is 11.9 Å². The number of anilines is 1. The standard InChI is InChI=1S/C17H15N3OS/c1-12-6-2-4-8-14(12)20-16(21)10-22-17-13-7-3-5-9-15(13)18-11-19-17/h2-9,11H,10H2,1H3,(H,20,21). The second-order valence-corrected chi connectivity index (χ2v) is 5.81. The van der Waals surface area contributed by atoms with E-state index in [0.717, 1.165) is 27.2 Å². The minimum absolute atomic E-state index is 0.0398. The van der Waals surface area contributed by atoms with E-state index in [-0.39, 0.29) is 5.91 Å². The third-order valence-electron chi connectivity index (χ3n) is 3.27. The number of carbonyl (C=O) groups is 1. The Kier molecular flexibility index (Phi) is 4.34. The molecule has 22 heavy (non-hydrogen) atoms. The molecule has 0 aliphatic rings. The van der Waals surface area contributed by atoms with E-state index in [9.17, 15) is 4.79 Å². The Hall–Kier alpha value is -2.40. The monoisotopic (exact) mass is 309 g/mol. The van der Waals surface area contributed by atoms with Crippen LogP contribution < -0.4 is 5.32 Å². The molecule has 1 heterocycles. The fourth-order valence-electron chi connectivity index (χ4n) is 2.13. The second-order valence-electron chi connectivity index (χ2n) is 4.85. The average molecular weight is 309 g/mol. The number of carbonyl (C=O) groups excluding carboxylic acids is 1. The third-order valence-corrected chi connectivity index (χ3v) is 4.27. The number of rotatable bonds is 4. The van der Waals surface area contributed by atoms with Gasteiger partial charge in [-0.3, -0.25) is 4.79 Å². The molecule has 0 spiro atoms. The lowest BCUT2D eigenvalue weighted by Crippen LogP contribution is -2.14. The highest BCUT2D eigenvalue weighted by molar-refractivity contribution is 8.00. The van der Waals surface area contributed by atoms with Crippen LogP contribution in [0.2, 0.25) is 0 Å². The van der Waals surface area contributed by atoms with Gasteiger partial charge < -0.3 is 5.32 Å². The first-order chi connectivity index (χ1) is 10.7. The largest absolute Gasteiger partial charge is 0.325 e. The van der Waals surface area contributed by atoms with E-state index in [2.05, 4.69) is 15.3 Å². The molecule has 110 valence electrons. The summed E-state index contributed by atoms with van der Waals surface area (Å²) in [7, 11) is 0. The fourth-order valence-corrected chi connectivity index (χ4v) is 2.92. The summed E-state index contributed by atoms with van der Waals surface area (Å²) < 4.78 is 0. The topological polar surface area (TPSA) is 54.9 Å². The number of amides is 1. The lowest BCUT2D eigenvalue weighted by molar-refractivity contribution is -0.113. The average Bonchev–Trinajstić information content (AvgIpc) is 2.55. The van der Waals surface area contributed by atoms with Gasteiger partial charge in [0.15, 0.2) is 0 Å². The SMILES string of the molecule is Cc1ccccc1NC(=O)CSc1ncnc2ccccc12. The molecule has 2 aromatic carbocycles. The Morgan fingerprint density at radius 1 is 1.09 bits per heavy atom. The van der Waals surface area contributed by atoms with Gasteiger partial charge in [0.2, 0.25) is 5.91 Å². The molecule has 0 saturated carbocycles. The number of nitrogens with zero attached hydrogens (tertiary/aromatic N) is 2. The Balaban J connectivity index is 1.69. The van der Waals surface area contributed by atoms with E-state index < -0.39 is 0 Å². The highest BCUT2D eigenvalue weighted by Gasteiger charge is 2.08. The van der Waals surface area contributed by atoms with E-state index >= 15 is 0 Å². The van der Waals surface area contributed by atoms with Crippen molar-refractivity contribution in [3.8, 4) is 0 Å². The minimum atomic E-state index is -0.0398. The van der Waals surface area contributed by atoms with Crippen LogP contribution in [0.3, 0.4) is 0 Å². The number of thioether (sulfide) groups is 1. The lowest BCUT2D eigenvalue weighted by atomic mass is 10.2. The zero-order chi connectivity index (χ0) is 15.4.